The van der Waals surface area contributed by atoms with E-state index in [4.69, 9.17) is 9.84 Å². The zero-order chi connectivity index (χ0) is 13.8. The normalized spacial score (nSPS) is 10.8. The Kier molecular flexibility index (Phi) is 10.7. The fraction of sp³-hybridized carbons (Fsp3) is 0.786. The van der Waals surface area contributed by atoms with E-state index in [9.17, 15) is 4.79 Å². The summed E-state index contributed by atoms with van der Waals surface area (Å²) in [5.74, 6) is -0.749. The topological polar surface area (TPSA) is 49.8 Å². The van der Waals surface area contributed by atoms with Crippen LogP contribution in [0.25, 0.3) is 0 Å². The van der Waals surface area contributed by atoms with Crippen molar-refractivity contribution in [3.05, 3.63) is 12.2 Å². The molecule has 0 aromatic rings. The highest BCUT2D eigenvalue weighted by Crippen LogP contribution is 2.00. The number of carboxylic acids is 1. The maximum Gasteiger partial charge on any atom is 0.304 e. The molecule has 0 radical (unpaired) electrons. The molecule has 0 fully saturated rings. The van der Waals surface area contributed by atoms with E-state index in [-0.39, 0.29) is 6.42 Å². The molecule has 0 aliphatic heterocycles. The van der Waals surface area contributed by atoms with Gasteiger partial charge in [0.2, 0.25) is 0 Å². The lowest BCUT2D eigenvalue weighted by molar-refractivity contribution is -0.137. The van der Waals surface area contributed by atoms with Crippen molar-refractivity contribution in [2.45, 2.75) is 39.5 Å². The van der Waals surface area contributed by atoms with Crippen LogP contribution in [-0.2, 0) is 9.53 Å². The molecule has 0 spiro atoms. The Bertz CT molecular complexity index is 241. The summed E-state index contributed by atoms with van der Waals surface area (Å²) in [4.78, 5) is 12.7. The molecule has 0 heterocycles. The average molecular weight is 257 g/mol. The van der Waals surface area contributed by atoms with E-state index < -0.39 is 5.97 Å². The van der Waals surface area contributed by atoms with E-state index in [0.717, 1.165) is 51.1 Å². The first kappa shape index (κ1) is 17.1. The van der Waals surface area contributed by atoms with Gasteiger partial charge in [-0.05, 0) is 19.8 Å². The minimum Gasteiger partial charge on any atom is -0.481 e. The minimum atomic E-state index is -0.749. The molecule has 0 aromatic carbocycles. The Morgan fingerprint density at radius 1 is 1.28 bits per heavy atom. The summed E-state index contributed by atoms with van der Waals surface area (Å²) in [7, 11) is 0. The second kappa shape index (κ2) is 11.2. The lowest BCUT2D eigenvalue weighted by atomic mass is 10.2. The van der Waals surface area contributed by atoms with E-state index in [1.54, 1.807) is 0 Å². The van der Waals surface area contributed by atoms with Crippen molar-refractivity contribution in [3.63, 3.8) is 0 Å². The monoisotopic (exact) mass is 257 g/mol. The molecular weight excluding hydrogens is 230 g/mol. The fourth-order valence-corrected chi connectivity index (χ4v) is 1.64. The third-order valence-electron chi connectivity index (χ3n) is 2.54. The number of rotatable bonds is 12. The summed E-state index contributed by atoms with van der Waals surface area (Å²) in [6.45, 7) is 11.8. The number of ether oxygens (including phenoxy) is 1. The quantitative estimate of drug-likeness (QED) is 0.431. The number of carbonyl (C=O) groups is 1. The number of carboxylic acid groups (broad SMARTS) is 1. The second-order valence-electron chi connectivity index (χ2n) is 4.70. The smallest absolute Gasteiger partial charge is 0.304 e. The van der Waals surface area contributed by atoms with Crippen LogP contribution in [0.1, 0.15) is 39.5 Å². The van der Waals surface area contributed by atoms with Gasteiger partial charge < -0.3 is 9.84 Å². The van der Waals surface area contributed by atoms with Crippen molar-refractivity contribution in [2.24, 2.45) is 0 Å². The Labute approximate surface area is 111 Å². The lowest BCUT2D eigenvalue weighted by Gasteiger charge is -2.21. The van der Waals surface area contributed by atoms with Crippen LogP contribution in [-0.4, -0.2) is 48.8 Å². The van der Waals surface area contributed by atoms with Crippen LogP contribution in [0.5, 0.6) is 0 Å². The Balaban J connectivity index is 3.71. The first-order valence-electron chi connectivity index (χ1n) is 6.72. The molecule has 0 atom stereocenters. The van der Waals surface area contributed by atoms with Gasteiger partial charge in [-0.1, -0.05) is 25.5 Å². The van der Waals surface area contributed by atoms with Crippen LogP contribution < -0.4 is 0 Å². The predicted octanol–water partition coefficient (Wildman–Crippen LogP) is 2.55. The van der Waals surface area contributed by atoms with Crippen molar-refractivity contribution in [1.29, 1.82) is 0 Å². The molecule has 4 nitrogen and oxygen atoms in total. The van der Waals surface area contributed by atoms with Crippen molar-refractivity contribution >= 4 is 5.97 Å². The molecule has 0 aliphatic carbocycles. The Morgan fingerprint density at radius 3 is 2.50 bits per heavy atom. The maximum absolute atomic E-state index is 10.6. The van der Waals surface area contributed by atoms with Crippen LogP contribution in [0.3, 0.4) is 0 Å². The molecule has 0 saturated carbocycles. The van der Waals surface area contributed by atoms with Gasteiger partial charge in [0.25, 0.3) is 0 Å². The van der Waals surface area contributed by atoms with Gasteiger partial charge in [0.15, 0.2) is 0 Å². The molecule has 0 bridgehead atoms. The maximum atomic E-state index is 10.6. The molecule has 0 aromatic heterocycles. The van der Waals surface area contributed by atoms with Crippen LogP contribution in [0.2, 0.25) is 0 Å². The number of hydrogen-bond donors (Lipinski definition) is 1. The molecule has 106 valence electrons. The molecule has 0 rings (SSSR count). The number of nitrogens with zero attached hydrogens (tertiary/aromatic N) is 1. The highest BCUT2D eigenvalue weighted by atomic mass is 16.5. The van der Waals surface area contributed by atoms with E-state index in [0.29, 0.717) is 6.54 Å². The summed E-state index contributed by atoms with van der Waals surface area (Å²) in [5, 5.41) is 8.69. The van der Waals surface area contributed by atoms with E-state index >= 15 is 0 Å². The summed E-state index contributed by atoms with van der Waals surface area (Å²) in [6, 6.07) is 0. The lowest BCUT2D eigenvalue weighted by Crippen LogP contribution is -2.29. The summed E-state index contributed by atoms with van der Waals surface area (Å²) in [6.07, 6.45) is 3.38. The van der Waals surface area contributed by atoms with Crippen LogP contribution in [0.15, 0.2) is 12.2 Å². The van der Waals surface area contributed by atoms with Gasteiger partial charge in [0.1, 0.15) is 0 Å². The van der Waals surface area contributed by atoms with Crippen molar-refractivity contribution in [1.82, 2.24) is 4.90 Å². The van der Waals surface area contributed by atoms with E-state index in [2.05, 4.69) is 18.4 Å². The number of unbranched alkanes of at least 4 members (excludes halogenated alkanes) is 1. The van der Waals surface area contributed by atoms with Gasteiger partial charge in [-0.25, -0.2) is 0 Å². The molecule has 0 unspecified atom stereocenters. The zero-order valence-corrected chi connectivity index (χ0v) is 11.8. The van der Waals surface area contributed by atoms with Crippen LogP contribution in [0.4, 0.5) is 0 Å². The fourth-order valence-electron chi connectivity index (χ4n) is 1.64. The van der Waals surface area contributed by atoms with Crippen molar-refractivity contribution in [2.75, 3.05) is 32.8 Å². The number of aliphatic carboxylic acids is 1. The third-order valence-corrected chi connectivity index (χ3v) is 2.54. The predicted molar refractivity (Wildman–Crippen MR) is 73.9 cm³/mol. The molecule has 18 heavy (non-hydrogen) atoms. The standard InChI is InChI=1S/C14H27NO3/c1-4-5-10-18-11-6-8-15(12-13(2)3)9-7-14(16)17/h2,4-12H2,1,3H3,(H,16,17). The first-order valence-corrected chi connectivity index (χ1v) is 6.72. The van der Waals surface area contributed by atoms with E-state index in [1.807, 2.05) is 6.92 Å². The molecule has 0 amide bonds. The van der Waals surface area contributed by atoms with Gasteiger partial charge in [-0.3, -0.25) is 9.69 Å². The molecular formula is C14H27NO3. The summed E-state index contributed by atoms with van der Waals surface area (Å²) in [5.41, 5.74) is 1.06. The molecule has 0 aliphatic rings. The highest BCUT2D eigenvalue weighted by Gasteiger charge is 2.07. The summed E-state index contributed by atoms with van der Waals surface area (Å²) >= 11 is 0. The minimum absolute atomic E-state index is 0.184. The molecule has 1 N–H and O–H groups in total. The third kappa shape index (κ3) is 11.6. The van der Waals surface area contributed by atoms with Crippen molar-refractivity contribution < 1.29 is 14.6 Å². The number of hydrogen-bond acceptors (Lipinski definition) is 3. The molecule has 0 saturated heterocycles. The van der Waals surface area contributed by atoms with Gasteiger partial charge >= 0.3 is 5.97 Å². The van der Waals surface area contributed by atoms with Crippen molar-refractivity contribution in [3.8, 4) is 0 Å². The summed E-state index contributed by atoms with van der Waals surface area (Å²) < 4.78 is 5.49. The highest BCUT2D eigenvalue weighted by molar-refractivity contribution is 5.66. The Hall–Kier alpha value is -0.870. The van der Waals surface area contributed by atoms with Gasteiger partial charge in [-0.2, -0.15) is 0 Å². The Morgan fingerprint density at radius 2 is 1.94 bits per heavy atom. The van der Waals surface area contributed by atoms with Crippen LogP contribution in [0, 0.1) is 0 Å². The first-order chi connectivity index (χ1) is 8.56. The average Bonchev–Trinajstić information content (AvgIpc) is 2.29. The van der Waals surface area contributed by atoms with Gasteiger partial charge in [0.05, 0.1) is 6.42 Å². The van der Waals surface area contributed by atoms with Gasteiger partial charge in [-0.15, -0.1) is 0 Å². The van der Waals surface area contributed by atoms with Gasteiger partial charge in [0, 0.05) is 32.8 Å². The molecule has 4 heteroatoms. The SMILES string of the molecule is C=C(C)CN(CCCOCCCC)CCC(=O)O. The van der Waals surface area contributed by atoms with E-state index in [1.165, 1.54) is 0 Å². The largest absolute Gasteiger partial charge is 0.481 e. The zero-order valence-electron chi connectivity index (χ0n) is 11.8. The second-order valence-corrected chi connectivity index (χ2v) is 4.70. The van der Waals surface area contributed by atoms with Crippen LogP contribution >= 0.6 is 0 Å².